The Balaban J connectivity index is 3.03. The van der Waals surface area contributed by atoms with E-state index < -0.39 is 10.0 Å². The van der Waals surface area contributed by atoms with Crippen LogP contribution in [0, 0.1) is 0 Å². The van der Waals surface area contributed by atoms with Crippen LogP contribution in [0.1, 0.15) is 6.42 Å². The van der Waals surface area contributed by atoms with Crippen LogP contribution >= 0.6 is 34.8 Å². The first-order valence-electron chi connectivity index (χ1n) is 4.63. The van der Waals surface area contributed by atoms with Gasteiger partial charge in [0.05, 0.1) is 15.1 Å². The molecule has 0 unspecified atom stereocenters. The lowest BCUT2D eigenvalue weighted by Crippen LogP contribution is -2.25. The molecular weight excluding hydrogens is 309 g/mol. The van der Waals surface area contributed by atoms with Crippen molar-refractivity contribution >= 4 is 44.8 Å². The summed E-state index contributed by atoms with van der Waals surface area (Å²) in [7, 11) is -3.74. The molecule has 96 valence electrons. The van der Waals surface area contributed by atoms with E-state index >= 15 is 0 Å². The summed E-state index contributed by atoms with van der Waals surface area (Å²) in [6.45, 7) is 0.0209. The molecule has 0 spiro atoms. The minimum atomic E-state index is -3.74. The van der Waals surface area contributed by atoms with Gasteiger partial charge < -0.3 is 5.11 Å². The van der Waals surface area contributed by atoms with E-state index in [4.69, 9.17) is 39.9 Å². The molecule has 1 rings (SSSR count). The predicted octanol–water partition coefficient (Wildman–Crippen LogP) is 2.31. The van der Waals surface area contributed by atoms with Gasteiger partial charge in [-0.05, 0) is 18.6 Å². The third-order valence-electron chi connectivity index (χ3n) is 1.89. The van der Waals surface area contributed by atoms with Gasteiger partial charge in [-0.1, -0.05) is 34.8 Å². The van der Waals surface area contributed by atoms with E-state index in [-0.39, 0.29) is 33.1 Å². The molecule has 0 heterocycles. The third kappa shape index (κ3) is 3.98. The molecule has 8 heteroatoms. The van der Waals surface area contributed by atoms with Crippen LogP contribution in [0.2, 0.25) is 15.1 Å². The number of benzene rings is 1. The van der Waals surface area contributed by atoms with E-state index in [9.17, 15) is 8.42 Å². The number of aliphatic hydroxyl groups excluding tert-OH is 1. The van der Waals surface area contributed by atoms with Gasteiger partial charge in [0, 0.05) is 13.2 Å². The second-order valence-corrected chi connectivity index (χ2v) is 6.13. The molecule has 0 saturated heterocycles. The maximum absolute atomic E-state index is 11.8. The van der Waals surface area contributed by atoms with Gasteiger partial charge in [0.2, 0.25) is 10.0 Å². The number of halogens is 3. The summed E-state index contributed by atoms with van der Waals surface area (Å²) in [6.07, 6.45) is 0.318. The lowest BCUT2D eigenvalue weighted by atomic mass is 10.4. The first kappa shape index (κ1) is 15.0. The van der Waals surface area contributed by atoms with Gasteiger partial charge >= 0.3 is 0 Å². The fraction of sp³-hybridized carbons (Fsp3) is 0.333. The normalized spacial score (nSPS) is 11.8. The Kier molecular flexibility index (Phi) is 5.50. The van der Waals surface area contributed by atoms with Crippen LogP contribution in [0.25, 0.3) is 0 Å². The Morgan fingerprint density at radius 1 is 1.12 bits per heavy atom. The third-order valence-corrected chi connectivity index (χ3v) is 4.54. The minimum absolute atomic E-state index is 0.00380. The standard InChI is InChI=1S/C9H10Cl3NO3S/c10-6-4-8(12)9(5-7(6)11)17(15,16)13-2-1-3-14/h4-5,13-14H,1-3H2. The van der Waals surface area contributed by atoms with Gasteiger partial charge in [0.1, 0.15) is 4.90 Å². The fourth-order valence-electron chi connectivity index (χ4n) is 1.07. The van der Waals surface area contributed by atoms with Crippen molar-refractivity contribution < 1.29 is 13.5 Å². The molecule has 0 fully saturated rings. The van der Waals surface area contributed by atoms with Crippen molar-refractivity contribution in [2.45, 2.75) is 11.3 Å². The zero-order valence-corrected chi connectivity index (χ0v) is 11.7. The van der Waals surface area contributed by atoms with Crippen molar-refractivity contribution in [2.24, 2.45) is 0 Å². The maximum Gasteiger partial charge on any atom is 0.242 e. The molecule has 0 aliphatic heterocycles. The lowest BCUT2D eigenvalue weighted by molar-refractivity contribution is 0.289. The van der Waals surface area contributed by atoms with E-state index in [1.807, 2.05) is 0 Å². The summed E-state index contributed by atoms with van der Waals surface area (Å²) in [4.78, 5) is -0.133. The molecule has 0 amide bonds. The molecule has 2 N–H and O–H groups in total. The summed E-state index contributed by atoms with van der Waals surface area (Å²) in [6, 6.07) is 2.46. The highest BCUT2D eigenvalue weighted by atomic mass is 35.5. The Bertz CT molecular complexity index is 504. The van der Waals surface area contributed by atoms with Crippen molar-refractivity contribution in [3.05, 3.63) is 27.2 Å². The van der Waals surface area contributed by atoms with Crippen molar-refractivity contribution in [3.63, 3.8) is 0 Å². The zero-order valence-electron chi connectivity index (χ0n) is 8.58. The highest BCUT2D eigenvalue weighted by Crippen LogP contribution is 2.31. The van der Waals surface area contributed by atoms with E-state index in [0.717, 1.165) is 0 Å². The first-order chi connectivity index (χ1) is 7.88. The van der Waals surface area contributed by atoms with Crippen molar-refractivity contribution in [3.8, 4) is 0 Å². The largest absolute Gasteiger partial charge is 0.396 e. The minimum Gasteiger partial charge on any atom is -0.396 e. The summed E-state index contributed by atoms with van der Waals surface area (Å²) < 4.78 is 25.9. The van der Waals surface area contributed by atoms with Gasteiger partial charge in [0.25, 0.3) is 0 Å². The van der Waals surface area contributed by atoms with Crippen LogP contribution in [0.15, 0.2) is 17.0 Å². The second-order valence-electron chi connectivity index (χ2n) is 3.17. The SMILES string of the molecule is O=S(=O)(NCCCO)c1cc(Cl)c(Cl)cc1Cl. The fourth-order valence-corrected chi connectivity index (χ4v) is 3.15. The van der Waals surface area contributed by atoms with Crippen molar-refractivity contribution in [2.75, 3.05) is 13.2 Å². The molecule has 1 aromatic rings. The van der Waals surface area contributed by atoms with E-state index in [2.05, 4.69) is 4.72 Å². The van der Waals surface area contributed by atoms with Gasteiger partial charge in [-0.15, -0.1) is 0 Å². The molecule has 0 radical (unpaired) electrons. The van der Waals surface area contributed by atoms with Gasteiger partial charge in [-0.25, -0.2) is 13.1 Å². The van der Waals surface area contributed by atoms with Gasteiger partial charge in [0.15, 0.2) is 0 Å². The molecular formula is C9H10Cl3NO3S. The Morgan fingerprint density at radius 3 is 2.29 bits per heavy atom. The number of hydrogen-bond donors (Lipinski definition) is 2. The Morgan fingerprint density at radius 2 is 1.71 bits per heavy atom. The second kappa shape index (κ2) is 6.22. The van der Waals surface area contributed by atoms with Crippen molar-refractivity contribution in [1.29, 1.82) is 0 Å². The summed E-state index contributed by atoms with van der Waals surface area (Å²) >= 11 is 17.2. The lowest BCUT2D eigenvalue weighted by Gasteiger charge is -2.08. The van der Waals surface area contributed by atoms with Crippen LogP contribution < -0.4 is 4.72 Å². The molecule has 0 aliphatic carbocycles. The van der Waals surface area contributed by atoms with Crippen molar-refractivity contribution in [1.82, 2.24) is 4.72 Å². The summed E-state index contributed by atoms with van der Waals surface area (Å²) in [5, 5.41) is 8.86. The monoisotopic (exact) mass is 317 g/mol. The average Bonchev–Trinajstić information content (AvgIpc) is 2.23. The number of hydrogen-bond acceptors (Lipinski definition) is 3. The van der Waals surface area contributed by atoms with Gasteiger partial charge in [-0.3, -0.25) is 0 Å². The zero-order chi connectivity index (χ0) is 13.1. The van der Waals surface area contributed by atoms with Gasteiger partial charge in [-0.2, -0.15) is 0 Å². The molecule has 0 bridgehead atoms. The molecule has 0 aliphatic rings. The highest BCUT2D eigenvalue weighted by molar-refractivity contribution is 7.89. The van der Waals surface area contributed by atoms with Crippen LogP contribution in [-0.4, -0.2) is 26.7 Å². The quantitative estimate of drug-likeness (QED) is 0.647. The first-order valence-corrected chi connectivity index (χ1v) is 7.25. The van der Waals surface area contributed by atoms with Crippen LogP contribution in [0.5, 0.6) is 0 Å². The highest BCUT2D eigenvalue weighted by Gasteiger charge is 2.19. The maximum atomic E-state index is 11.8. The Hall–Kier alpha value is -0.0400. The molecule has 4 nitrogen and oxygen atoms in total. The number of nitrogens with one attached hydrogen (secondary N) is 1. The van der Waals surface area contributed by atoms with E-state index in [1.54, 1.807) is 0 Å². The molecule has 17 heavy (non-hydrogen) atoms. The molecule has 0 atom stereocenters. The number of rotatable bonds is 5. The molecule has 0 aromatic heterocycles. The molecule has 1 aromatic carbocycles. The molecule has 0 saturated carbocycles. The summed E-state index contributed by atoms with van der Waals surface area (Å²) in [5.41, 5.74) is 0. The topological polar surface area (TPSA) is 66.4 Å². The van der Waals surface area contributed by atoms with Crippen LogP contribution in [-0.2, 0) is 10.0 Å². The predicted molar refractivity (Wildman–Crippen MR) is 68.4 cm³/mol. The summed E-state index contributed by atoms with van der Waals surface area (Å²) in [5.74, 6) is 0. The smallest absolute Gasteiger partial charge is 0.242 e. The Labute approximate surface area is 115 Å². The number of aliphatic hydroxyl groups is 1. The van der Waals surface area contributed by atoms with Crippen LogP contribution in [0.4, 0.5) is 0 Å². The van der Waals surface area contributed by atoms with Crippen LogP contribution in [0.3, 0.4) is 0 Å². The van der Waals surface area contributed by atoms with E-state index in [0.29, 0.717) is 6.42 Å². The number of sulfonamides is 1. The average molecular weight is 319 g/mol. The van der Waals surface area contributed by atoms with E-state index in [1.165, 1.54) is 12.1 Å².